The maximum atomic E-state index is 12.6. The van der Waals surface area contributed by atoms with Crippen LogP contribution in [-0.2, 0) is 24.3 Å². The van der Waals surface area contributed by atoms with Crippen molar-refractivity contribution in [2.24, 2.45) is 0 Å². The fourth-order valence-corrected chi connectivity index (χ4v) is 2.96. The maximum absolute atomic E-state index is 12.6. The molecule has 150 valence electrons. The molecule has 29 heavy (non-hydrogen) atoms. The molecule has 0 atom stereocenters. The lowest BCUT2D eigenvalue weighted by Gasteiger charge is -2.10. The van der Waals surface area contributed by atoms with E-state index >= 15 is 0 Å². The molecular formula is C21H22ClN5O2. The van der Waals surface area contributed by atoms with Crippen molar-refractivity contribution in [2.45, 2.75) is 25.9 Å². The van der Waals surface area contributed by atoms with Crippen molar-refractivity contribution in [2.75, 3.05) is 11.9 Å². The van der Waals surface area contributed by atoms with Gasteiger partial charge in [-0.3, -0.25) is 14.6 Å². The highest BCUT2D eigenvalue weighted by Gasteiger charge is 2.09. The summed E-state index contributed by atoms with van der Waals surface area (Å²) in [7, 11) is 0. The first-order valence-corrected chi connectivity index (χ1v) is 9.71. The molecule has 8 heteroatoms. The number of hydrogen-bond acceptors (Lipinski definition) is 5. The lowest BCUT2D eigenvalue weighted by molar-refractivity contribution is -0.121. The monoisotopic (exact) mass is 411 g/mol. The summed E-state index contributed by atoms with van der Waals surface area (Å²) in [6.07, 6.45) is 4.11. The van der Waals surface area contributed by atoms with Gasteiger partial charge in [-0.05, 0) is 24.1 Å². The zero-order valence-corrected chi connectivity index (χ0v) is 16.6. The number of halogens is 1. The summed E-state index contributed by atoms with van der Waals surface area (Å²) < 4.78 is 1.53. The topological polar surface area (TPSA) is 88.9 Å². The van der Waals surface area contributed by atoms with Gasteiger partial charge in [-0.2, -0.15) is 0 Å². The molecule has 2 aromatic heterocycles. The maximum Gasteiger partial charge on any atom is 0.293 e. The zero-order valence-electron chi connectivity index (χ0n) is 15.8. The van der Waals surface area contributed by atoms with Crippen LogP contribution in [0.4, 0.5) is 5.82 Å². The van der Waals surface area contributed by atoms with Gasteiger partial charge in [0.1, 0.15) is 5.15 Å². The number of hydrogen-bond donors (Lipinski definition) is 2. The number of carbonyl (C=O) groups excluding carboxylic acids is 1. The summed E-state index contributed by atoms with van der Waals surface area (Å²) in [5, 5.41) is 5.93. The molecule has 0 radical (unpaired) electrons. The summed E-state index contributed by atoms with van der Waals surface area (Å²) in [5.74, 6) is -0.00216. The Bertz CT molecular complexity index is 993. The minimum absolute atomic E-state index is 0.142. The molecule has 0 saturated heterocycles. The van der Waals surface area contributed by atoms with Crippen molar-refractivity contribution in [3.63, 3.8) is 0 Å². The second-order valence-electron chi connectivity index (χ2n) is 6.42. The van der Waals surface area contributed by atoms with E-state index in [0.717, 1.165) is 11.3 Å². The van der Waals surface area contributed by atoms with Gasteiger partial charge < -0.3 is 15.2 Å². The van der Waals surface area contributed by atoms with E-state index in [4.69, 9.17) is 11.6 Å². The second-order valence-corrected chi connectivity index (χ2v) is 6.81. The molecule has 1 aromatic carbocycles. The Morgan fingerprint density at radius 2 is 1.90 bits per heavy atom. The van der Waals surface area contributed by atoms with Gasteiger partial charge in [-0.25, -0.2) is 4.98 Å². The molecule has 0 bridgehead atoms. The highest BCUT2D eigenvalue weighted by molar-refractivity contribution is 6.29. The Kier molecular flexibility index (Phi) is 7.35. The SMILES string of the molecule is O=C(CCNc1nc(Cl)cn(CCc2ccccc2)c1=O)NCc1ccccn1. The van der Waals surface area contributed by atoms with Crippen LogP contribution in [0.5, 0.6) is 0 Å². The van der Waals surface area contributed by atoms with Crippen LogP contribution >= 0.6 is 11.6 Å². The van der Waals surface area contributed by atoms with Crippen LogP contribution in [0.1, 0.15) is 17.7 Å². The van der Waals surface area contributed by atoms with E-state index in [1.54, 1.807) is 6.20 Å². The Labute approximate surface area is 173 Å². The van der Waals surface area contributed by atoms with E-state index < -0.39 is 0 Å². The van der Waals surface area contributed by atoms with Crippen LogP contribution in [-0.4, -0.2) is 27.0 Å². The van der Waals surface area contributed by atoms with Gasteiger partial charge in [0.15, 0.2) is 5.82 Å². The molecule has 0 aliphatic rings. The normalized spacial score (nSPS) is 10.5. The predicted molar refractivity (Wildman–Crippen MR) is 113 cm³/mol. The largest absolute Gasteiger partial charge is 0.365 e. The number of nitrogens with zero attached hydrogens (tertiary/aromatic N) is 3. The first-order chi connectivity index (χ1) is 14.1. The van der Waals surface area contributed by atoms with Crippen LogP contribution in [0.15, 0.2) is 65.7 Å². The second kappa shape index (κ2) is 10.4. The van der Waals surface area contributed by atoms with Gasteiger partial charge >= 0.3 is 0 Å². The predicted octanol–water partition coefficient (Wildman–Crippen LogP) is 2.65. The summed E-state index contributed by atoms with van der Waals surface area (Å²) in [5.41, 5.74) is 1.65. The number of anilines is 1. The number of benzene rings is 1. The van der Waals surface area contributed by atoms with Crippen molar-refractivity contribution < 1.29 is 4.79 Å². The first kappa shape index (κ1) is 20.5. The smallest absolute Gasteiger partial charge is 0.293 e. The van der Waals surface area contributed by atoms with Crippen LogP contribution in [0, 0.1) is 0 Å². The van der Waals surface area contributed by atoms with E-state index in [2.05, 4.69) is 20.6 Å². The molecule has 1 amide bonds. The molecule has 0 aliphatic carbocycles. The highest BCUT2D eigenvalue weighted by Crippen LogP contribution is 2.07. The average molecular weight is 412 g/mol. The number of carbonyl (C=O) groups is 1. The average Bonchev–Trinajstić information content (AvgIpc) is 2.75. The quantitative estimate of drug-likeness (QED) is 0.565. The van der Waals surface area contributed by atoms with Crippen LogP contribution in [0.25, 0.3) is 0 Å². The van der Waals surface area contributed by atoms with Crippen molar-refractivity contribution in [3.05, 3.63) is 87.7 Å². The molecule has 0 aliphatic heterocycles. The Morgan fingerprint density at radius 1 is 1.10 bits per heavy atom. The van der Waals surface area contributed by atoms with Crippen molar-refractivity contribution >= 4 is 23.3 Å². The van der Waals surface area contributed by atoms with Gasteiger partial charge in [-0.1, -0.05) is 48.0 Å². The zero-order chi connectivity index (χ0) is 20.5. The van der Waals surface area contributed by atoms with Crippen molar-refractivity contribution in [3.8, 4) is 0 Å². The Balaban J connectivity index is 1.51. The molecule has 0 fully saturated rings. The summed E-state index contributed by atoms with van der Waals surface area (Å²) >= 11 is 6.07. The van der Waals surface area contributed by atoms with Gasteiger partial charge in [-0.15, -0.1) is 0 Å². The molecule has 0 saturated carbocycles. The molecule has 2 N–H and O–H groups in total. The molecule has 0 spiro atoms. The first-order valence-electron chi connectivity index (χ1n) is 9.33. The van der Waals surface area contributed by atoms with Crippen LogP contribution in [0.2, 0.25) is 5.15 Å². The molecule has 3 rings (SSSR count). The number of amides is 1. The lowest BCUT2D eigenvalue weighted by Crippen LogP contribution is -2.28. The number of aryl methyl sites for hydroxylation is 2. The minimum atomic E-state index is -0.265. The summed E-state index contributed by atoms with van der Waals surface area (Å²) in [4.78, 5) is 32.8. The van der Waals surface area contributed by atoms with E-state index in [0.29, 0.717) is 19.5 Å². The Morgan fingerprint density at radius 3 is 2.66 bits per heavy atom. The highest BCUT2D eigenvalue weighted by atomic mass is 35.5. The van der Waals surface area contributed by atoms with E-state index in [-0.39, 0.29) is 35.4 Å². The molecule has 2 heterocycles. The fraction of sp³-hybridized carbons (Fsp3) is 0.238. The van der Waals surface area contributed by atoms with Crippen LogP contribution in [0.3, 0.4) is 0 Å². The molecule has 7 nitrogen and oxygen atoms in total. The third-order valence-electron chi connectivity index (χ3n) is 4.27. The standard InChI is InChI=1S/C21H22ClN5O2/c22-18-15-27(13-10-16-6-2-1-3-7-16)21(29)20(26-18)24-12-9-19(28)25-14-17-8-4-5-11-23-17/h1-8,11,15H,9-10,12-14H2,(H,24,26)(H,25,28). The van der Waals surface area contributed by atoms with Crippen LogP contribution < -0.4 is 16.2 Å². The van der Waals surface area contributed by atoms with Gasteiger partial charge in [0.25, 0.3) is 5.56 Å². The molecular weight excluding hydrogens is 390 g/mol. The molecule has 0 unspecified atom stereocenters. The van der Waals surface area contributed by atoms with Crippen molar-refractivity contribution in [1.29, 1.82) is 0 Å². The van der Waals surface area contributed by atoms with E-state index in [9.17, 15) is 9.59 Å². The van der Waals surface area contributed by atoms with Crippen molar-refractivity contribution in [1.82, 2.24) is 19.9 Å². The third-order valence-corrected chi connectivity index (χ3v) is 4.45. The minimum Gasteiger partial charge on any atom is -0.365 e. The van der Waals surface area contributed by atoms with Gasteiger partial charge in [0, 0.05) is 31.9 Å². The number of nitrogens with one attached hydrogen (secondary N) is 2. The Hall–Kier alpha value is -3.19. The fourth-order valence-electron chi connectivity index (χ4n) is 2.76. The number of pyridine rings is 1. The van der Waals surface area contributed by atoms with E-state index in [1.165, 1.54) is 10.8 Å². The number of rotatable bonds is 9. The van der Waals surface area contributed by atoms with Gasteiger partial charge in [0.2, 0.25) is 5.91 Å². The van der Waals surface area contributed by atoms with E-state index in [1.807, 2.05) is 48.5 Å². The summed E-state index contributed by atoms with van der Waals surface area (Å²) in [6, 6.07) is 15.4. The lowest BCUT2D eigenvalue weighted by atomic mass is 10.1. The summed E-state index contributed by atoms with van der Waals surface area (Å²) in [6.45, 7) is 1.13. The molecule has 3 aromatic rings. The van der Waals surface area contributed by atoms with Gasteiger partial charge in [0.05, 0.1) is 12.2 Å². The number of aromatic nitrogens is 3. The third kappa shape index (κ3) is 6.43.